The van der Waals surface area contributed by atoms with Crippen molar-refractivity contribution in [3.63, 3.8) is 0 Å². The molecular formula is C15H29NO3. The molecule has 4 heteroatoms. The molecule has 2 aliphatic rings. The molecule has 0 aromatic carbocycles. The molecule has 19 heavy (non-hydrogen) atoms. The van der Waals surface area contributed by atoms with Crippen LogP contribution in [-0.4, -0.2) is 59.2 Å². The van der Waals surface area contributed by atoms with E-state index in [-0.39, 0.29) is 24.4 Å². The Bertz CT molecular complexity index is 295. The Balaban J connectivity index is 1.93. The van der Waals surface area contributed by atoms with Crippen LogP contribution in [0.2, 0.25) is 0 Å². The molecule has 0 bridgehead atoms. The van der Waals surface area contributed by atoms with E-state index in [1.807, 2.05) is 0 Å². The number of aliphatic hydroxyl groups excluding tert-OH is 2. The summed E-state index contributed by atoms with van der Waals surface area (Å²) in [5, 5.41) is 19.5. The summed E-state index contributed by atoms with van der Waals surface area (Å²) in [7, 11) is 0. The van der Waals surface area contributed by atoms with Gasteiger partial charge in [-0.15, -0.1) is 0 Å². The fourth-order valence-electron chi connectivity index (χ4n) is 3.66. The van der Waals surface area contributed by atoms with E-state index >= 15 is 0 Å². The molecule has 4 nitrogen and oxygen atoms in total. The van der Waals surface area contributed by atoms with Crippen molar-refractivity contribution in [2.45, 2.75) is 57.8 Å². The first-order valence-corrected chi connectivity index (χ1v) is 7.58. The molecule has 0 amide bonds. The smallest absolute Gasteiger partial charge is 0.0940 e. The molecule has 1 aliphatic heterocycles. The molecule has 1 heterocycles. The summed E-state index contributed by atoms with van der Waals surface area (Å²) >= 11 is 0. The number of hydrogen-bond donors (Lipinski definition) is 2. The molecule has 2 rings (SSSR count). The Morgan fingerprint density at radius 3 is 2.74 bits per heavy atom. The molecule has 112 valence electrons. The number of rotatable bonds is 3. The van der Waals surface area contributed by atoms with Gasteiger partial charge in [-0.1, -0.05) is 6.92 Å². The van der Waals surface area contributed by atoms with Crippen LogP contribution in [0.4, 0.5) is 0 Å². The normalized spacial score (nSPS) is 40.3. The highest BCUT2D eigenvalue weighted by molar-refractivity contribution is 4.87. The van der Waals surface area contributed by atoms with Gasteiger partial charge in [-0.25, -0.2) is 0 Å². The summed E-state index contributed by atoms with van der Waals surface area (Å²) in [6.07, 6.45) is 2.94. The zero-order valence-electron chi connectivity index (χ0n) is 12.5. The summed E-state index contributed by atoms with van der Waals surface area (Å²) in [5.74, 6) is 1.09. The summed E-state index contributed by atoms with van der Waals surface area (Å²) in [4.78, 5) is 2.36. The molecule has 1 saturated heterocycles. The second kappa shape index (κ2) is 6.08. The van der Waals surface area contributed by atoms with E-state index in [0.29, 0.717) is 5.92 Å². The van der Waals surface area contributed by atoms with Crippen molar-refractivity contribution in [3.8, 4) is 0 Å². The van der Waals surface area contributed by atoms with E-state index in [2.05, 4.69) is 25.7 Å². The molecule has 0 aromatic heterocycles. The van der Waals surface area contributed by atoms with Gasteiger partial charge in [0.1, 0.15) is 0 Å². The highest BCUT2D eigenvalue weighted by Crippen LogP contribution is 2.31. The van der Waals surface area contributed by atoms with Gasteiger partial charge in [0.25, 0.3) is 0 Å². The molecule has 4 atom stereocenters. The topological polar surface area (TPSA) is 52.9 Å². The Hall–Kier alpha value is -0.160. The molecule has 0 spiro atoms. The quantitative estimate of drug-likeness (QED) is 0.811. The van der Waals surface area contributed by atoms with Crippen LogP contribution in [0.15, 0.2) is 0 Å². The zero-order valence-corrected chi connectivity index (χ0v) is 12.5. The van der Waals surface area contributed by atoms with E-state index < -0.39 is 0 Å². The Morgan fingerprint density at radius 1 is 1.32 bits per heavy atom. The Kier molecular flexibility index (Phi) is 4.88. The van der Waals surface area contributed by atoms with Crippen molar-refractivity contribution < 1.29 is 14.9 Å². The van der Waals surface area contributed by atoms with E-state index in [1.165, 1.54) is 0 Å². The van der Waals surface area contributed by atoms with Gasteiger partial charge in [-0.2, -0.15) is 0 Å². The number of ether oxygens (including phenoxy) is 1. The van der Waals surface area contributed by atoms with Crippen LogP contribution in [0.25, 0.3) is 0 Å². The van der Waals surface area contributed by atoms with Crippen molar-refractivity contribution in [1.82, 2.24) is 4.90 Å². The summed E-state index contributed by atoms with van der Waals surface area (Å²) in [5.41, 5.74) is -0.211. The average Bonchev–Trinajstić information content (AvgIpc) is 2.32. The van der Waals surface area contributed by atoms with Gasteiger partial charge in [0.2, 0.25) is 0 Å². The minimum absolute atomic E-state index is 0.0730. The van der Waals surface area contributed by atoms with Crippen LogP contribution in [0.3, 0.4) is 0 Å². The first-order valence-electron chi connectivity index (χ1n) is 7.58. The monoisotopic (exact) mass is 271 g/mol. The second-order valence-electron chi connectivity index (χ2n) is 7.12. The standard InChI is InChI=1S/C15H29NO3/c1-11-4-5-14(18)12(6-11)7-16-8-13(9-17)19-15(2,3)10-16/h11-14,17-18H,4-10H2,1-3H3. The van der Waals surface area contributed by atoms with Gasteiger partial charge in [-0.3, -0.25) is 4.90 Å². The van der Waals surface area contributed by atoms with Crippen LogP contribution in [0, 0.1) is 11.8 Å². The number of nitrogens with zero attached hydrogens (tertiary/aromatic N) is 1. The van der Waals surface area contributed by atoms with Crippen LogP contribution < -0.4 is 0 Å². The molecule has 2 N–H and O–H groups in total. The maximum atomic E-state index is 10.2. The predicted molar refractivity (Wildman–Crippen MR) is 75.0 cm³/mol. The van der Waals surface area contributed by atoms with Crippen molar-refractivity contribution in [2.75, 3.05) is 26.2 Å². The SMILES string of the molecule is CC1CCC(O)C(CN2CC(CO)OC(C)(C)C2)C1. The molecule has 1 saturated carbocycles. The highest BCUT2D eigenvalue weighted by atomic mass is 16.5. The third-order valence-electron chi connectivity index (χ3n) is 4.45. The van der Waals surface area contributed by atoms with Crippen LogP contribution in [-0.2, 0) is 4.74 Å². The van der Waals surface area contributed by atoms with Gasteiger partial charge < -0.3 is 14.9 Å². The first kappa shape index (κ1) is 15.2. The maximum Gasteiger partial charge on any atom is 0.0940 e. The molecular weight excluding hydrogens is 242 g/mol. The predicted octanol–water partition coefficient (Wildman–Crippen LogP) is 1.26. The highest BCUT2D eigenvalue weighted by Gasteiger charge is 2.36. The van der Waals surface area contributed by atoms with Gasteiger partial charge in [0, 0.05) is 19.6 Å². The number of aliphatic hydroxyl groups is 2. The number of hydrogen-bond acceptors (Lipinski definition) is 4. The van der Waals surface area contributed by atoms with Crippen molar-refractivity contribution in [1.29, 1.82) is 0 Å². The Labute approximate surface area is 116 Å². The lowest BCUT2D eigenvalue weighted by molar-refractivity contribution is -0.154. The van der Waals surface area contributed by atoms with Gasteiger partial charge in [0.05, 0.1) is 24.4 Å². The van der Waals surface area contributed by atoms with Crippen molar-refractivity contribution in [3.05, 3.63) is 0 Å². The average molecular weight is 271 g/mol. The summed E-state index contributed by atoms with van der Waals surface area (Å²) < 4.78 is 5.84. The van der Waals surface area contributed by atoms with E-state index in [0.717, 1.165) is 44.8 Å². The van der Waals surface area contributed by atoms with Gasteiger partial charge >= 0.3 is 0 Å². The van der Waals surface area contributed by atoms with Crippen LogP contribution >= 0.6 is 0 Å². The third-order valence-corrected chi connectivity index (χ3v) is 4.45. The minimum Gasteiger partial charge on any atom is -0.394 e. The van der Waals surface area contributed by atoms with E-state index in [9.17, 15) is 10.2 Å². The van der Waals surface area contributed by atoms with Gasteiger partial charge in [0.15, 0.2) is 0 Å². The van der Waals surface area contributed by atoms with E-state index in [4.69, 9.17) is 4.74 Å². The van der Waals surface area contributed by atoms with Crippen LogP contribution in [0.1, 0.15) is 40.0 Å². The summed E-state index contributed by atoms with van der Waals surface area (Å²) in [6.45, 7) is 9.07. The lowest BCUT2D eigenvalue weighted by atomic mass is 9.80. The fraction of sp³-hybridized carbons (Fsp3) is 1.00. The first-order chi connectivity index (χ1) is 8.89. The lowest BCUT2D eigenvalue weighted by Crippen LogP contribution is -2.55. The number of morpholine rings is 1. The lowest BCUT2D eigenvalue weighted by Gasteiger charge is -2.44. The van der Waals surface area contributed by atoms with Crippen molar-refractivity contribution >= 4 is 0 Å². The Morgan fingerprint density at radius 2 is 2.05 bits per heavy atom. The van der Waals surface area contributed by atoms with Gasteiger partial charge in [-0.05, 0) is 44.9 Å². The fourth-order valence-corrected chi connectivity index (χ4v) is 3.66. The van der Waals surface area contributed by atoms with Crippen LogP contribution in [0.5, 0.6) is 0 Å². The largest absolute Gasteiger partial charge is 0.394 e. The maximum absolute atomic E-state index is 10.2. The molecule has 1 aliphatic carbocycles. The zero-order chi connectivity index (χ0) is 14.0. The van der Waals surface area contributed by atoms with Crippen molar-refractivity contribution in [2.24, 2.45) is 11.8 Å². The molecule has 0 radical (unpaired) electrons. The minimum atomic E-state index is -0.211. The summed E-state index contributed by atoms with van der Waals surface area (Å²) in [6, 6.07) is 0. The third kappa shape index (κ3) is 4.15. The van der Waals surface area contributed by atoms with E-state index in [1.54, 1.807) is 0 Å². The molecule has 0 aromatic rings. The molecule has 2 fully saturated rings. The second-order valence-corrected chi connectivity index (χ2v) is 7.12. The molecule has 4 unspecified atom stereocenters.